The van der Waals surface area contributed by atoms with Crippen molar-refractivity contribution in [1.82, 2.24) is 15.1 Å². The van der Waals surface area contributed by atoms with E-state index in [1.165, 1.54) is 18.2 Å². The molecule has 3 aromatic rings. The third kappa shape index (κ3) is 4.68. The molecule has 140 valence electrons. The molecule has 1 aromatic heterocycles. The highest BCUT2D eigenvalue weighted by atomic mass is 32.1. The molecule has 0 aliphatic heterocycles. The average Bonchev–Trinajstić information content (AvgIpc) is 2.90. The molecule has 0 saturated heterocycles. The number of nitrogens with one attached hydrogen (secondary N) is 2. The van der Waals surface area contributed by atoms with Gasteiger partial charge in [0, 0.05) is 12.1 Å². The highest BCUT2D eigenvalue weighted by molar-refractivity contribution is 7.80. The van der Waals surface area contributed by atoms with Crippen molar-refractivity contribution < 1.29 is 8.78 Å². The van der Waals surface area contributed by atoms with E-state index in [-0.39, 0.29) is 11.6 Å². The summed E-state index contributed by atoms with van der Waals surface area (Å²) in [6.07, 6.45) is 0. The maximum absolute atomic E-state index is 13.9. The Morgan fingerprint density at radius 3 is 2.48 bits per heavy atom. The molecule has 0 unspecified atom stereocenters. The molecular weight excluding hydrogens is 366 g/mol. The molecule has 2 aromatic carbocycles. The number of aryl methyl sites for hydroxylation is 1. The maximum atomic E-state index is 13.9. The lowest BCUT2D eigenvalue weighted by Crippen LogP contribution is -2.28. The first-order valence-electron chi connectivity index (χ1n) is 8.50. The molecule has 3 rings (SSSR count). The quantitative estimate of drug-likeness (QED) is 0.641. The average molecular weight is 386 g/mol. The minimum Gasteiger partial charge on any atom is -0.358 e. The van der Waals surface area contributed by atoms with Crippen molar-refractivity contribution in [3.8, 4) is 0 Å². The topological polar surface area (TPSA) is 41.9 Å². The minimum atomic E-state index is -0.270. The predicted octanol–water partition coefficient (Wildman–Crippen LogP) is 4.31. The van der Waals surface area contributed by atoms with Gasteiger partial charge in [-0.05, 0) is 49.8 Å². The fraction of sp³-hybridized carbons (Fsp3) is 0.200. The van der Waals surface area contributed by atoms with Crippen LogP contribution in [0.3, 0.4) is 0 Å². The summed E-state index contributed by atoms with van der Waals surface area (Å²) >= 11 is 5.35. The van der Waals surface area contributed by atoms with Gasteiger partial charge in [0.2, 0.25) is 0 Å². The molecule has 0 radical (unpaired) electrons. The van der Waals surface area contributed by atoms with E-state index in [4.69, 9.17) is 12.2 Å². The Kier molecular flexibility index (Phi) is 5.81. The van der Waals surface area contributed by atoms with Crippen molar-refractivity contribution in [2.45, 2.75) is 26.9 Å². The lowest BCUT2D eigenvalue weighted by Gasteiger charge is -2.11. The standard InChI is InChI=1S/C20H20F2N4S/c1-13-19(24-20(27)23-11-15-7-9-17(21)10-8-15)14(2)26(25-13)12-16-5-3-4-6-18(16)22/h3-10H,11-12H2,1-2H3,(H2,23,24,27). The van der Waals surface area contributed by atoms with Crippen molar-refractivity contribution in [3.05, 3.63) is 82.7 Å². The highest BCUT2D eigenvalue weighted by Gasteiger charge is 2.14. The first kappa shape index (κ1) is 19.0. The van der Waals surface area contributed by atoms with Crippen LogP contribution < -0.4 is 10.6 Å². The number of thiocarbonyl (C=S) groups is 1. The lowest BCUT2D eigenvalue weighted by molar-refractivity contribution is 0.579. The second-order valence-corrected chi connectivity index (χ2v) is 6.64. The van der Waals surface area contributed by atoms with Crippen LogP contribution in [0.15, 0.2) is 48.5 Å². The highest BCUT2D eigenvalue weighted by Crippen LogP contribution is 2.21. The van der Waals surface area contributed by atoms with Crippen LogP contribution in [-0.2, 0) is 13.1 Å². The van der Waals surface area contributed by atoms with Gasteiger partial charge in [-0.15, -0.1) is 0 Å². The maximum Gasteiger partial charge on any atom is 0.171 e. The van der Waals surface area contributed by atoms with Gasteiger partial charge in [-0.1, -0.05) is 30.3 Å². The number of benzene rings is 2. The third-order valence-electron chi connectivity index (χ3n) is 4.26. The molecular formula is C20H20F2N4S. The Balaban J connectivity index is 1.66. The van der Waals surface area contributed by atoms with Crippen LogP contribution >= 0.6 is 12.2 Å². The van der Waals surface area contributed by atoms with E-state index < -0.39 is 0 Å². The zero-order chi connectivity index (χ0) is 19.4. The molecule has 0 aliphatic rings. The normalized spacial score (nSPS) is 10.7. The molecule has 27 heavy (non-hydrogen) atoms. The smallest absolute Gasteiger partial charge is 0.171 e. The second kappa shape index (κ2) is 8.26. The van der Waals surface area contributed by atoms with Gasteiger partial charge in [-0.3, -0.25) is 4.68 Å². The largest absolute Gasteiger partial charge is 0.358 e. The van der Waals surface area contributed by atoms with Crippen LogP contribution in [0.25, 0.3) is 0 Å². The van der Waals surface area contributed by atoms with E-state index in [0.717, 1.165) is 22.6 Å². The molecule has 0 atom stereocenters. The van der Waals surface area contributed by atoms with Crippen LogP contribution in [-0.4, -0.2) is 14.9 Å². The van der Waals surface area contributed by atoms with Crippen molar-refractivity contribution in [2.24, 2.45) is 0 Å². The van der Waals surface area contributed by atoms with E-state index in [0.29, 0.717) is 23.8 Å². The van der Waals surface area contributed by atoms with E-state index in [1.807, 2.05) is 13.8 Å². The zero-order valence-electron chi connectivity index (χ0n) is 15.1. The molecule has 0 aliphatic carbocycles. The molecule has 0 amide bonds. The van der Waals surface area contributed by atoms with Crippen molar-refractivity contribution in [2.75, 3.05) is 5.32 Å². The van der Waals surface area contributed by atoms with Gasteiger partial charge in [-0.25, -0.2) is 8.78 Å². The van der Waals surface area contributed by atoms with Crippen molar-refractivity contribution in [1.29, 1.82) is 0 Å². The van der Waals surface area contributed by atoms with Gasteiger partial charge in [0.05, 0.1) is 23.6 Å². The Labute approximate surface area is 162 Å². The Bertz CT molecular complexity index is 951. The number of hydrogen-bond donors (Lipinski definition) is 2. The molecule has 0 fully saturated rings. The van der Waals surface area contributed by atoms with Gasteiger partial charge in [0.1, 0.15) is 11.6 Å². The summed E-state index contributed by atoms with van der Waals surface area (Å²) in [7, 11) is 0. The first-order valence-corrected chi connectivity index (χ1v) is 8.91. The second-order valence-electron chi connectivity index (χ2n) is 6.23. The van der Waals surface area contributed by atoms with Gasteiger partial charge in [0.15, 0.2) is 5.11 Å². The summed E-state index contributed by atoms with van der Waals surface area (Å²) in [4.78, 5) is 0. The number of hydrogen-bond acceptors (Lipinski definition) is 2. The minimum absolute atomic E-state index is 0.254. The van der Waals surface area contributed by atoms with Gasteiger partial charge in [-0.2, -0.15) is 5.10 Å². The molecule has 1 heterocycles. The van der Waals surface area contributed by atoms with Gasteiger partial charge < -0.3 is 10.6 Å². The van der Waals surface area contributed by atoms with Crippen LogP contribution in [0.5, 0.6) is 0 Å². The summed E-state index contributed by atoms with van der Waals surface area (Å²) in [6.45, 7) is 4.60. The van der Waals surface area contributed by atoms with E-state index in [2.05, 4.69) is 15.7 Å². The van der Waals surface area contributed by atoms with Crippen molar-refractivity contribution >= 4 is 23.0 Å². The molecule has 2 N–H and O–H groups in total. The Hall–Kier alpha value is -2.80. The van der Waals surface area contributed by atoms with Gasteiger partial charge in [0.25, 0.3) is 0 Å². The van der Waals surface area contributed by atoms with Crippen molar-refractivity contribution in [3.63, 3.8) is 0 Å². The molecule has 7 heteroatoms. The summed E-state index contributed by atoms with van der Waals surface area (Å²) in [6, 6.07) is 12.9. The summed E-state index contributed by atoms with van der Waals surface area (Å²) in [5.41, 5.74) is 3.93. The molecule has 0 bridgehead atoms. The molecule has 4 nitrogen and oxygen atoms in total. The molecule has 0 saturated carbocycles. The van der Waals surface area contributed by atoms with Crippen LogP contribution in [0.1, 0.15) is 22.5 Å². The van der Waals surface area contributed by atoms with E-state index in [1.54, 1.807) is 35.0 Å². The summed E-state index contributed by atoms with van der Waals surface area (Å²) in [5.74, 6) is -0.524. The first-order chi connectivity index (χ1) is 12.9. The Morgan fingerprint density at radius 1 is 1.07 bits per heavy atom. The number of aromatic nitrogens is 2. The zero-order valence-corrected chi connectivity index (χ0v) is 15.9. The number of anilines is 1. The van der Waals surface area contributed by atoms with E-state index >= 15 is 0 Å². The van der Waals surface area contributed by atoms with Gasteiger partial charge >= 0.3 is 0 Å². The summed E-state index contributed by atoms with van der Waals surface area (Å²) < 4.78 is 28.6. The number of rotatable bonds is 5. The fourth-order valence-corrected chi connectivity index (χ4v) is 2.94. The Morgan fingerprint density at radius 2 is 1.78 bits per heavy atom. The number of halogens is 2. The fourth-order valence-electron chi connectivity index (χ4n) is 2.76. The SMILES string of the molecule is Cc1nn(Cc2ccccc2F)c(C)c1NC(=S)NCc1ccc(F)cc1. The van der Waals surface area contributed by atoms with Crippen LogP contribution in [0.2, 0.25) is 0 Å². The third-order valence-corrected chi connectivity index (χ3v) is 4.51. The molecule has 0 spiro atoms. The van der Waals surface area contributed by atoms with Crippen LogP contribution in [0, 0.1) is 25.5 Å². The summed E-state index contributed by atoms with van der Waals surface area (Å²) in [5, 5.41) is 11.2. The van der Waals surface area contributed by atoms with Crippen LogP contribution in [0.4, 0.5) is 14.5 Å². The monoisotopic (exact) mass is 386 g/mol. The number of nitrogens with zero attached hydrogens (tertiary/aromatic N) is 2. The lowest BCUT2D eigenvalue weighted by atomic mass is 10.2. The van der Waals surface area contributed by atoms with E-state index in [9.17, 15) is 8.78 Å². The predicted molar refractivity (Wildman–Crippen MR) is 107 cm³/mol.